The molecule has 0 radical (unpaired) electrons. The van der Waals surface area contributed by atoms with Crippen molar-refractivity contribution in [3.63, 3.8) is 0 Å². The molecule has 7 nitrogen and oxygen atoms in total. The lowest BCUT2D eigenvalue weighted by Gasteiger charge is -2.10. The van der Waals surface area contributed by atoms with Crippen LogP contribution in [0.5, 0.6) is 5.75 Å². The fraction of sp³-hybridized carbons (Fsp3) is 0.269. The first-order valence-corrected chi connectivity index (χ1v) is 11.0. The van der Waals surface area contributed by atoms with Gasteiger partial charge in [0.2, 0.25) is 5.91 Å². The Kier molecular flexibility index (Phi) is 6.58. The number of fused-ring (bicyclic) bond motifs is 1. The second kappa shape index (κ2) is 9.73. The SMILES string of the molecule is COc1ccccc1CNC(=O)CCn1ccn2nc(-c3ccc(C(C)C)cc3)cc2c1=O. The summed E-state index contributed by atoms with van der Waals surface area (Å²) in [5.74, 6) is 1.06. The fourth-order valence-electron chi connectivity index (χ4n) is 3.74. The Morgan fingerprint density at radius 3 is 2.58 bits per heavy atom. The van der Waals surface area contributed by atoms with Crippen LogP contribution in [-0.4, -0.2) is 27.2 Å². The molecular weight excluding hydrogens is 416 g/mol. The Bertz CT molecular complexity index is 1320. The van der Waals surface area contributed by atoms with Gasteiger partial charge < -0.3 is 14.6 Å². The van der Waals surface area contributed by atoms with Gasteiger partial charge in [0, 0.05) is 43.0 Å². The molecule has 1 N–H and O–H groups in total. The lowest BCUT2D eigenvalue weighted by molar-refractivity contribution is -0.121. The molecule has 0 bridgehead atoms. The van der Waals surface area contributed by atoms with E-state index in [2.05, 4.69) is 36.4 Å². The van der Waals surface area contributed by atoms with Crippen LogP contribution < -0.4 is 15.6 Å². The maximum absolute atomic E-state index is 12.9. The van der Waals surface area contributed by atoms with Gasteiger partial charge in [0.05, 0.1) is 12.8 Å². The van der Waals surface area contributed by atoms with Gasteiger partial charge in [-0.05, 0) is 23.6 Å². The molecule has 0 spiro atoms. The van der Waals surface area contributed by atoms with Crippen LogP contribution in [-0.2, 0) is 17.9 Å². The molecule has 0 aliphatic rings. The number of rotatable bonds is 8. The number of aromatic nitrogens is 3. The van der Waals surface area contributed by atoms with Gasteiger partial charge in [-0.15, -0.1) is 0 Å². The average Bonchev–Trinajstić information content (AvgIpc) is 3.28. The van der Waals surface area contributed by atoms with E-state index in [4.69, 9.17) is 4.74 Å². The Morgan fingerprint density at radius 1 is 1.09 bits per heavy atom. The van der Waals surface area contributed by atoms with Gasteiger partial charge >= 0.3 is 0 Å². The zero-order valence-corrected chi connectivity index (χ0v) is 19.1. The maximum Gasteiger partial charge on any atom is 0.276 e. The summed E-state index contributed by atoms with van der Waals surface area (Å²) in [4.78, 5) is 25.3. The highest BCUT2D eigenvalue weighted by molar-refractivity contribution is 5.76. The summed E-state index contributed by atoms with van der Waals surface area (Å²) >= 11 is 0. The van der Waals surface area contributed by atoms with Crippen LogP contribution in [0.3, 0.4) is 0 Å². The van der Waals surface area contributed by atoms with Gasteiger partial charge in [0.15, 0.2) is 0 Å². The first-order chi connectivity index (χ1) is 16.0. The number of hydrogen-bond acceptors (Lipinski definition) is 4. The number of carbonyl (C=O) groups is 1. The third kappa shape index (κ3) is 4.98. The molecule has 2 aromatic heterocycles. The second-order valence-electron chi connectivity index (χ2n) is 8.27. The van der Waals surface area contributed by atoms with Gasteiger partial charge in [-0.3, -0.25) is 9.59 Å². The highest BCUT2D eigenvalue weighted by Crippen LogP contribution is 2.22. The molecule has 2 aromatic carbocycles. The zero-order valence-electron chi connectivity index (χ0n) is 19.1. The molecule has 33 heavy (non-hydrogen) atoms. The Balaban J connectivity index is 1.43. The first-order valence-electron chi connectivity index (χ1n) is 11.0. The smallest absolute Gasteiger partial charge is 0.276 e. The normalized spacial score (nSPS) is 11.2. The van der Waals surface area contributed by atoms with Gasteiger partial charge in [-0.25, -0.2) is 4.52 Å². The van der Waals surface area contributed by atoms with Crippen molar-refractivity contribution in [1.82, 2.24) is 19.5 Å². The molecule has 2 heterocycles. The van der Waals surface area contributed by atoms with Crippen LogP contribution in [0.4, 0.5) is 0 Å². The first kappa shape index (κ1) is 22.3. The summed E-state index contributed by atoms with van der Waals surface area (Å²) in [5, 5.41) is 7.43. The second-order valence-corrected chi connectivity index (χ2v) is 8.27. The third-order valence-electron chi connectivity index (χ3n) is 5.72. The van der Waals surface area contributed by atoms with Crippen molar-refractivity contribution in [3.8, 4) is 17.0 Å². The van der Waals surface area contributed by atoms with Gasteiger partial charge in [0.25, 0.3) is 5.56 Å². The van der Waals surface area contributed by atoms with E-state index >= 15 is 0 Å². The minimum Gasteiger partial charge on any atom is -0.496 e. The van der Waals surface area contributed by atoms with Gasteiger partial charge in [-0.1, -0.05) is 56.3 Å². The van der Waals surface area contributed by atoms with E-state index in [9.17, 15) is 9.59 Å². The number of amides is 1. The van der Waals surface area contributed by atoms with Crippen LogP contribution in [0, 0.1) is 0 Å². The van der Waals surface area contributed by atoms with E-state index < -0.39 is 0 Å². The van der Waals surface area contributed by atoms with E-state index in [1.165, 1.54) is 5.56 Å². The van der Waals surface area contributed by atoms with E-state index in [1.807, 2.05) is 36.4 Å². The van der Waals surface area contributed by atoms with Crippen LogP contribution in [0.15, 0.2) is 71.8 Å². The minimum atomic E-state index is -0.174. The van der Waals surface area contributed by atoms with Crippen molar-refractivity contribution in [3.05, 3.63) is 88.5 Å². The zero-order chi connectivity index (χ0) is 23.4. The molecule has 0 atom stereocenters. The van der Waals surface area contributed by atoms with E-state index in [0.717, 1.165) is 22.6 Å². The number of benzene rings is 2. The molecular formula is C26H28N4O3. The third-order valence-corrected chi connectivity index (χ3v) is 5.72. The monoisotopic (exact) mass is 444 g/mol. The summed E-state index contributed by atoms with van der Waals surface area (Å²) in [5.41, 5.74) is 4.18. The van der Waals surface area contributed by atoms with Crippen molar-refractivity contribution in [2.24, 2.45) is 0 Å². The number of ether oxygens (including phenoxy) is 1. The summed E-state index contributed by atoms with van der Waals surface area (Å²) in [6.07, 6.45) is 3.61. The Morgan fingerprint density at radius 2 is 1.85 bits per heavy atom. The van der Waals surface area contributed by atoms with E-state index in [0.29, 0.717) is 18.0 Å². The lowest BCUT2D eigenvalue weighted by atomic mass is 10.0. The predicted molar refractivity (Wildman–Crippen MR) is 128 cm³/mol. The average molecular weight is 445 g/mol. The van der Waals surface area contributed by atoms with Crippen LogP contribution in [0.1, 0.15) is 37.3 Å². The molecule has 4 aromatic rings. The molecule has 0 unspecified atom stereocenters. The Labute approximate surface area is 192 Å². The topological polar surface area (TPSA) is 77.6 Å². The molecule has 0 saturated heterocycles. The summed E-state index contributed by atoms with van der Waals surface area (Å²) in [6.45, 7) is 4.97. The number of methoxy groups -OCH3 is 1. The largest absolute Gasteiger partial charge is 0.496 e. The van der Waals surface area contributed by atoms with Crippen molar-refractivity contribution in [2.45, 2.75) is 39.3 Å². The summed E-state index contributed by atoms with van der Waals surface area (Å²) in [6, 6.07) is 17.6. The molecule has 170 valence electrons. The highest BCUT2D eigenvalue weighted by Gasteiger charge is 2.11. The molecule has 1 amide bonds. The number of carbonyl (C=O) groups excluding carboxylic acids is 1. The number of nitrogens with one attached hydrogen (secondary N) is 1. The van der Waals surface area contributed by atoms with Crippen molar-refractivity contribution < 1.29 is 9.53 Å². The van der Waals surface area contributed by atoms with Crippen molar-refractivity contribution >= 4 is 11.4 Å². The molecule has 0 aliphatic carbocycles. The van der Waals surface area contributed by atoms with Crippen molar-refractivity contribution in [1.29, 1.82) is 0 Å². The highest BCUT2D eigenvalue weighted by atomic mass is 16.5. The van der Waals surface area contributed by atoms with E-state index in [1.54, 1.807) is 34.7 Å². The molecule has 0 fully saturated rings. The number of hydrogen-bond donors (Lipinski definition) is 1. The molecule has 0 saturated carbocycles. The summed E-state index contributed by atoms with van der Waals surface area (Å²) in [7, 11) is 1.60. The lowest BCUT2D eigenvalue weighted by Crippen LogP contribution is -2.27. The fourth-order valence-corrected chi connectivity index (χ4v) is 3.74. The van der Waals surface area contributed by atoms with E-state index in [-0.39, 0.29) is 24.4 Å². The number of para-hydroxylation sites is 1. The minimum absolute atomic E-state index is 0.132. The molecule has 0 aliphatic heterocycles. The summed E-state index contributed by atoms with van der Waals surface area (Å²) < 4.78 is 8.45. The predicted octanol–water partition coefficient (Wildman–Crippen LogP) is 4.00. The molecule has 7 heteroatoms. The van der Waals surface area contributed by atoms with Crippen LogP contribution in [0.25, 0.3) is 16.8 Å². The number of aryl methyl sites for hydroxylation is 1. The quantitative estimate of drug-likeness (QED) is 0.446. The van der Waals surface area contributed by atoms with Gasteiger partial charge in [-0.2, -0.15) is 5.10 Å². The van der Waals surface area contributed by atoms with Crippen LogP contribution in [0.2, 0.25) is 0 Å². The van der Waals surface area contributed by atoms with Gasteiger partial charge in [0.1, 0.15) is 11.3 Å². The maximum atomic E-state index is 12.9. The number of nitrogens with zero attached hydrogens (tertiary/aromatic N) is 3. The standard InChI is InChI=1S/C26H28N4O3/c1-18(2)19-8-10-20(11-9-19)22-16-23-26(32)29(14-15-30(23)28-22)13-12-25(31)27-17-21-6-4-5-7-24(21)33-3/h4-11,14-16,18H,12-13,17H2,1-3H3,(H,27,31). The Hall–Kier alpha value is -3.87. The van der Waals surface area contributed by atoms with Crippen molar-refractivity contribution in [2.75, 3.05) is 7.11 Å². The van der Waals surface area contributed by atoms with Crippen LogP contribution >= 0.6 is 0 Å². The molecule has 4 rings (SSSR count).